The van der Waals surface area contributed by atoms with Gasteiger partial charge in [0.25, 0.3) is 0 Å². The summed E-state index contributed by atoms with van der Waals surface area (Å²) in [4.78, 5) is 4.46. The molecule has 4 nitrogen and oxygen atoms in total. The molecule has 3 rings (SSSR count). The third kappa shape index (κ3) is 2.42. The number of halogens is 1. The molecule has 5 heteroatoms. The smallest absolute Gasteiger partial charge is 0.138 e. The van der Waals surface area contributed by atoms with Gasteiger partial charge in [0.2, 0.25) is 0 Å². The lowest BCUT2D eigenvalue weighted by Crippen LogP contribution is -1.96. The van der Waals surface area contributed by atoms with Crippen molar-refractivity contribution in [3.8, 4) is 5.75 Å². The maximum atomic E-state index is 5.88. The predicted octanol–water partition coefficient (Wildman–Crippen LogP) is 3.26. The van der Waals surface area contributed by atoms with Crippen molar-refractivity contribution in [2.75, 3.05) is 5.73 Å². The number of nitrogens with two attached hydrogens (primary N) is 1. The first-order valence-electron chi connectivity index (χ1n) is 5.84. The number of anilines is 1. The van der Waals surface area contributed by atoms with E-state index in [1.54, 1.807) is 0 Å². The Bertz CT molecular complexity index is 724. The van der Waals surface area contributed by atoms with Crippen molar-refractivity contribution in [3.63, 3.8) is 0 Å². The molecule has 0 bridgehead atoms. The van der Waals surface area contributed by atoms with Crippen LogP contribution in [0, 0.1) is 0 Å². The number of aromatic nitrogens is 2. The van der Waals surface area contributed by atoms with Crippen LogP contribution < -0.4 is 10.5 Å². The maximum Gasteiger partial charge on any atom is 0.138 e. The van der Waals surface area contributed by atoms with Gasteiger partial charge >= 0.3 is 0 Å². The Balaban J connectivity index is 1.83. The highest BCUT2D eigenvalue weighted by molar-refractivity contribution is 9.10. The van der Waals surface area contributed by atoms with Gasteiger partial charge in [-0.3, -0.25) is 4.40 Å². The Labute approximate surface area is 119 Å². The van der Waals surface area contributed by atoms with Gasteiger partial charge in [0, 0.05) is 6.20 Å². The molecule has 1 aromatic carbocycles. The highest BCUT2D eigenvalue weighted by atomic mass is 79.9. The number of nitrogens with zero attached hydrogens (tertiary/aromatic N) is 2. The highest BCUT2D eigenvalue weighted by Gasteiger charge is 2.05. The van der Waals surface area contributed by atoms with Crippen LogP contribution in [0.2, 0.25) is 0 Å². The van der Waals surface area contributed by atoms with Gasteiger partial charge in [-0.25, -0.2) is 4.98 Å². The molecule has 2 aromatic heterocycles. The van der Waals surface area contributed by atoms with Gasteiger partial charge in [-0.05, 0) is 40.2 Å². The van der Waals surface area contributed by atoms with Gasteiger partial charge in [0.1, 0.15) is 23.8 Å². The largest absolute Gasteiger partial charge is 0.486 e. The van der Waals surface area contributed by atoms with Gasteiger partial charge in [-0.2, -0.15) is 0 Å². The Kier molecular flexibility index (Phi) is 3.13. The van der Waals surface area contributed by atoms with Gasteiger partial charge in [-0.15, -0.1) is 0 Å². The molecule has 0 radical (unpaired) electrons. The zero-order chi connectivity index (χ0) is 13.2. The summed E-state index contributed by atoms with van der Waals surface area (Å²) in [6.07, 6.45) is 1.89. The van der Waals surface area contributed by atoms with E-state index in [4.69, 9.17) is 10.5 Å². The number of nitrogen functional groups attached to an aromatic ring is 1. The first-order chi connectivity index (χ1) is 9.24. The van der Waals surface area contributed by atoms with Crippen molar-refractivity contribution >= 4 is 27.4 Å². The third-order valence-electron chi connectivity index (χ3n) is 2.79. The monoisotopic (exact) mass is 317 g/mol. The molecule has 0 fully saturated rings. The molecule has 0 saturated heterocycles. The first kappa shape index (κ1) is 12.0. The summed E-state index contributed by atoms with van der Waals surface area (Å²) in [5.74, 6) is 1.46. The van der Waals surface area contributed by atoms with E-state index in [0.717, 1.165) is 21.6 Å². The molecule has 0 spiro atoms. The van der Waals surface area contributed by atoms with E-state index in [1.807, 2.05) is 53.1 Å². The normalized spacial score (nSPS) is 10.8. The van der Waals surface area contributed by atoms with E-state index in [0.29, 0.717) is 12.4 Å². The van der Waals surface area contributed by atoms with Crippen molar-refractivity contribution < 1.29 is 4.74 Å². The van der Waals surface area contributed by atoms with Crippen LogP contribution in [-0.2, 0) is 6.61 Å². The highest BCUT2D eigenvalue weighted by Crippen LogP contribution is 2.24. The fraction of sp³-hybridized carbons (Fsp3) is 0.0714. The second-order valence-electron chi connectivity index (χ2n) is 4.13. The van der Waals surface area contributed by atoms with Crippen molar-refractivity contribution in [1.82, 2.24) is 9.38 Å². The molecule has 0 saturated carbocycles. The van der Waals surface area contributed by atoms with Crippen LogP contribution in [0.1, 0.15) is 5.69 Å². The summed E-state index contributed by atoms with van der Waals surface area (Å²) < 4.78 is 8.50. The number of hydrogen-bond donors (Lipinski definition) is 1. The number of rotatable bonds is 3. The summed E-state index contributed by atoms with van der Waals surface area (Å²) in [6.45, 7) is 0.406. The molecule has 0 aliphatic rings. The minimum Gasteiger partial charge on any atom is -0.486 e. The lowest BCUT2D eigenvalue weighted by atomic mass is 10.3. The van der Waals surface area contributed by atoms with Crippen LogP contribution in [0.15, 0.2) is 53.1 Å². The lowest BCUT2D eigenvalue weighted by molar-refractivity contribution is 0.300. The number of hydrogen-bond acceptors (Lipinski definition) is 3. The second kappa shape index (κ2) is 4.93. The van der Waals surface area contributed by atoms with Crippen LogP contribution in [0.5, 0.6) is 5.75 Å². The Morgan fingerprint density at radius 2 is 2.00 bits per heavy atom. The molecule has 96 valence electrons. The minimum absolute atomic E-state index is 0.406. The number of para-hydroxylation sites is 1. The molecular weight excluding hydrogens is 306 g/mol. The van der Waals surface area contributed by atoms with E-state index in [9.17, 15) is 0 Å². The van der Waals surface area contributed by atoms with Crippen molar-refractivity contribution in [1.29, 1.82) is 0 Å². The van der Waals surface area contributed by atoms with Crippen LogP contribution in [0.25, 0.3) is 5.65 Å². The number of pyridine rings is 1. The van der Waals surface area contributed by atoms with E-state index in [1.165, 1.54) is 0 Å². The summed E-state index contributed by atoms with van der Waals surface area (Å²) in [5, 5.41) is 0. The lowest BCUT2D eigenvalue weighted by Gasteiger charge is -2.05. The van der Waals surface area contributed by atoms with Gasteiger partial charge in [0.05, 0.1) is 10.2 Å². The zero-order valence-electron chi connectivity index (χ0n) is 10.1. The van der Waals surface area contributed by atoms with Crippen LogP contribution >= 0.6 is 15.9 Å². The fourth-order valence-electron chi connectivity index (χ4n) is 1.87. The predicted molar refractivity (Wildman–Crippen MR) is 78.1 cm³/mol. The summed E-state index contributed by atoms with van der Waals surface area (Å²) in [7, 11) is 0. The van der Waals surface area contributed by atoms with Crippen LogP contribution in [0.3, 0.4) is 0 Å². The summed E-state index contributed by atoms with van der Waals surface area (Å²) >= 11 is 3.45. The van der Waals surface area contributed by atoms with Gasteiger partial charge in [0.15, 0.2) is 0 Å². The van der Waals surface area contributed by atoms with Crippen molar-refractivity contribution in [2.24, 2.45) is 0 Å². The van der Waals surface area contributed by atoms with Gasteiger partial charge in [-0.1, -0.05) is 18.2 Å². The molecule has 2 heterocycles. The molecule has 19 heavy (non-hydrogen) atoms. The van der Waals surface area contributed by atoms with E-state index >= 15 is 0 Å². The molecule has 0 aliphatic carbocycles. The van der Waals surface area contributed by atoms with Crippen molar-refractivity contribution in [3.05, 3.63) is 58.8 Å². The van der Waals surface area contributed by atoms with E-state index in [2.05, 4.69) is 20.9 Å². The number of fused-ring (bicyclic) bond motifs is 1. The molecule has 2 N–H and O–H groups in total. The standard InChI is InChI=1S/C14H12BrN3O/c15-11-4-1-2-5-12(11)19-9-10-8-18-13(16)6-3-7-14(18)17-10/h1-8H,9,16H2. The minimum atomic E-state index is 0.406. The summed E-state index contributed by atoms with van der Waals surface area (Å²) in [6, 6.07) is 13.4. The number of imidazole rings is 1. The number of benzene rings is 1. The Hall–Kier alpha value is -2.01. The SMILES string of the molecule is Nc1cccc2nc(COc3ccccc3Br)cn12. The van der Waals surface area contributed by atoms with E-state index in [-0.39, 0.29) is 0 Å². The van der Waals surface area contributed by atoms with Crippen LogP contribution in [0.4, 0.5) is 5.82 Å². The maximum absolute atomic E-state index is 5.88. The average Bonchev–Trinajstić information content (AvgIpc) is 2.82. The van der Waals surface area contributed by atoms with E-state index < -0.39 is 0 Å². The summed E-state index contributed by atoms with van der Waals surface area (Å²) in [5.41, 5.74) is 7.54. The topological polar surface area (TPSA) is 52.5 Å². The van der Waals surface area contributed by atoms with Gasteiger partial charge < -0.3 is 10.5 Å². The molecule has 0 aliphatic heterocycles. The molecule has 0 atom stereocenters. The third-order valence-corrected chi connectivity index (χ3v) is 3.44. The zero-order valence-corrected chi connectivity index (χ0v) is 11.7. The van der Waals surface area contributed by atoms with Crippen molar-refractivity contribution in [2.45, 2.75) is 6.61 Å². The molecule has 3 aromatic rings. The quantitative estimate of drug-likeness (QED) is 0.806. The molecular formula is C14H12BrN3O. The average molecular weight is 318 g/mol. The molecule has 0 amide bonds. The number of ether oxygens (including phenoxy) is 1. The Morgan fingerprint density at radius 1 is 1.16 bits per heavy atom. The fourth-order valence-corrected chi connectivity index (χ4v) is 2.26. The van der Waals surface area contributed by atoms with Crippen LogP contribution in [-0.4, -0.2) is 9.38 Å². The second-order valence-corrected chi connectivity index (χ2v) is 4.98. The first-order valence-corrected chi connectivity index (χ1v) is 6.63. The Morgan fingerprint density at radius 3 is 2.79 bits per heavy atom. The molecule has 0 unspecified atom stereocenters.